The highest BCUT2D eigenvalue weighted by Gasteiger charge is 2.30. The van der Waals surface area contributed by atoms with Gasteiger partial charge in [-0.05, 0) is 44.0 Å². The van der Waals surface area contributed by atoms with Gasteiger partial charge in [-0.1, -0.05) is 60.0 Å². The van der Waals surface area contributed by atoms with Gasteiger partial charge >= 0.3 is 0 Å². The molecule has 0 saturated carbocycles. The van der Waals surface area contributed by atoms with Gasteiger partial charge in [-0.25, -0.2) is 8.42 Å². The molecule has 0 aliphatic carbocycles. The molecule has 0 spiro atoms. The van der Waals surface area contributed by atoms with Crippen LogP contribution in [-0.4, -0.2) is 50.5 Å². The molecule has 1 N–H and O–H groups in total. The van der Waals surface area contributed by atoms with Crippen molar-refractivity contribution in [2.24, 2.45) is 0 Å². The van der Waals surface area contributed by atoms with Crippen LogP contribution in [0.3, 0.4) is 0 Å². The minimum atomic E-state index is -3.88. The van der Waals surface area contributed by atoms with E-state index in [4.69, 9.17) is 23.2 Å². The number of amides is 2. The van der Waals surface area contributed by atoms with Gasteiger partial charge in [-0.2, -0.15) is 0 Å². The summed E-state index contributed by atoms with van der Waals surface area (Å²) in [5.41, 5.74) is 1.97. The molecule has 1 atom stereocenters. The van der Waals surface area contributed by atoms with Gasteiger partial charge in [-0.3, -0.25) is 13.9 Å². The Kier molecular flexibility index (Phi) is 9.57. The number of carbonyl (C=O) groups is 2. The summed E-state index contributed by atoms with van der Waals surface area (Å²) in [6.07, 6.45) is 1.73. The van der Waals surface area contributed by atoms with Crippen molar-refractivity contribution in [1.82, 2.24) is 10.2 Å². The largest absolute Gasteiger partial charge is 0.354 e. The first kappa shape index (κ1) is 27.0. The first-order valence-corrected chi connectivity index (χ1v) is 13.1. The number of aryl methyl sites for hydroxylation is 1. The molecule has 2 aromatic rings. The number of rotatable bonds is 10. The van der Waals surface area contributed by atoms with Crippen molar-refractivity contribution in [2.75, 3.05) is 23.7 Å². The summed E-state index contributed by atoms with van der Waals surface area (Å²) in [5, 5.41) is 3.20. The Morgan fingerprint density at radius 2 is 1.73 bits per heavy atom. The van der Waals surface area contributed by atoms with Crippen molar-refractivity contribution < 1.29 is 18.0 Å². The van der Waals surface area contributed by atoms with E-state index in [1.54, 1.807) is 6.92 Å². The molecule has 0 saturated heterocycles. The van der Waals surface area contributed by atoms with E-state index in [2.05, 4.69) is 5.32 Å². The molecule has 180 valence electrons. The number of benzene rings is 2. The molecule has 10 heteroatoms. The smallest absolute Gasteiger partial charge is 0.244 e. The van der Waals surface area contributed by atoms with Crippen molar-refractivity contribution in [3.8, 4) is 0 Å². The van der Waals surface area contributed by atoms with E-state index in [9.17, 15) is 18.0 Å². The molecule has 33 heavy (non-hydrogen) atoms. The second kappa shape index (κ2) is 11.7. The van der Waals surface area contributed by atoms with Crippen LogP contribution >= 0.6 is 23.2 Å². The third-order valence-corrected chi connectivity index (χ3v) is 6.73. The first-order valence-electron chi connectivity index (χ1n) is 10.5. The minimum absolute atomic E-state index is 0.0957. The molecule has 2 aromatic carbocycles. The SMILES string of the molecule is CCCNC(=O)[C@@H](C)N(Cc1ccc(C)cc1)C(=O)CN(c1cc(Cl)ccc1Cl)S(C)(=O)=O. The number of nitrogens with zero attached hydrogens (tertiary/aromatic N) is 2. The van der Waals surface area contributed by atoms with Crippen molar-refractivity contribution in [3.05, 3.63) is 63.6 Å². The van der Waals surface area contributed by atoms with Gasteiger partial charge in [0.1, 0.15) is 12.6 Å². The highest BCUT2D eigenvalue weighted by molar-refractivity contribution is 7.92. The molecule has 2 rings (SSSR count). The van der Waals surface area contributed by atoms with Crippen molar-refractivity contribution in [2.45, 2.75) is 39.8 Å². The Balaban J connectivity index is 2.40. The molecule has 2 amide bonds. The minimum Gasteiger partial charge on any atom is -0.354 e. The number of sulfonamides is 1. The van der Waals surface area contributed by atoms with Crippen LogP contribution < -0.4 is 9.62 Å². The van der Waals surface area contributed by atoms with Gasteiger partial charge < -0.3 is 10.2 Å². The Morgan fingerprint density at radius 3 is 2.30 bits per heavy atom. The summed E-state index contributed by atoms with van der Waals surface area (Å²) in [4.78, 5) is 27.5. The fourth-order valence-electron chi connectivity index (χ4n) is 3.14. The van der Waals surface area contributed by atoms with Crippen LogP contribution in [0.15, 0.2) is 42.5 Å². The van der Waals surface area contributed by atoms with Gasteiger partial charge in [0.15, 0.2) is 0 Å². The molecule has 0 radical (unpaired) electrons. The summed E-state index contributed by atoms with van der Waals surface area (Å²) < 4.78 is 26.0. The average molecular weight is 514 g/mol. The molecule has 0 unspecified atom stereocenters. The predicted molar refractivity (Wildman–Crippen MR) is 133 cm³/mol. The summed E-state index contributed by atoms with van der Waals surface area (Å²) in [5.74, 6) is -0.861. The van der Waals surface area contributed by atoms with Crippen LogP contribution in [0.25, 0.3) is 0 Å². The van der Waals surface area contributed by atoms with Crippen LogP contribution in [0.1, 0.15) is 31.4 Å². The quantitative estimate of drug-likeness (QED) is 0.519. The molecule has 7 nitrogen and oxygen atoms in total. The van der Waals surface area contributed by atoms with E-state index < -0.39 is 28.5 Å². The number of carbonyl (C=O) groups excluding carboxylic acids is 2. The van der Waals surface area contributed by atoms with Crippen LogP contribution in [0.2, 0.25) is 10.0 Å². The Bertz CT molecular complexity index is 1090. The van der Waals surface area contributed by atoms with Crippen molar-refractivity contribution >= 4 is 50.7 Å². The number of nitrogens with one attached hydrogen (secondary N) is 1. The van der Waals surface area contributed by atoms with Gasteiger partial charge in [0.2, 0.25) is 21.8 Å². The lowest BCUT2D eigenvalue weighted by molar-refractivity contribution is -0.139. The Morgan fingerprint density at radius 1 is 1.09 bits per heavy atom. The van der Waals surface area contributed by atoms with Crippen LogP contribution in [0.4, 0.5) is 5.69 Å². The molecule has 0 fully saturated rings. The lowest BCUT2D eigenvalue weighted by Gasteiger charge is -2.31. The standard InChI is InChI=1S/C23H29Cl2N3O4S/c1-5-12-26-23(30)17(3)27(14-18-8-6-16(2)7-9-18)22(29)15-28(33(4,31)32)21-13-19(24)10-11-20(21)25/h6-11,13,17H,5,12,14-15H2,1-4H3,(H,26,30)/t17-/m1/s1. The second-order valence-corrected chi connectivity index (χ2v) is 10.6. The maximum Gasteiger partial charge on any atom is 0.244 e. The van der Waals surface area contributed by atoms with Gasteiger partial charge in [-0.15, -0.1) is 0 Å². The molecule has 0 aliphatic rings. The zero-order valence-electron chi connectivity index (χ0n) is 19.1. The van der Waals surface area contributed by atoms with E-state index >= 15 is 0 Å². The highest BCUT2D eigenvalue weighted by Crippen LogP contribution is 2.30. The van der Waals surface area contributed by atoms with Crippen molar-refractivity contribution in [3.63, 3.8) is 0 Å². The summed E-state index contributed by atoms with van der Waals surface area (Å²) in [7, 11) is -3.88. The number of halogens is 2. The van der Waals surface area contributed by atoms with Crippen LogP contribution in [0, 0.1) is 6.92 Å². The van der Waals surface area contributed by atoms with Gasteiger partial charge in [0.25, 0.3) is 0 Å². The van der Waals surface area contributed by atoms with E-state index in [1.165, 1.54) is 23.1 Å². The fraction of sp³-hybridized carbons (Fsp3) is 0.391. The van der Waals surface area contributed by atoms with Gasteiger partial charge in [0.05, 0.1) is 17.0 Å². The lowest BCUT2D eigenvalue weighted by Crippen LogP contribution is -2.51. The zero-order valence-corrected chi connectivity index (χ0v) is 21.5. The number of hydrogen-bond acceptors (Lipinski definition) is 4. The lowest BCUT2D eigenvalue weighted by atomic mass is 10.1. The Labute approximate surface area is 205 Å². The summed E-state index contributed by atoms with van der Waals surface area (Å²) >= 11 is 12.3. The third-order valence-electron chi connectivity index (χ3n) is 5.05. The first-order chi connectivity index (χ1) is 15.4. The summed E-state index contributed by atoms with van der Waals surface area (Å²) in [6.45, 7) is 5.58. The van der Waals surface area contributed by atoms with E-state index in [0.717, 1.165) is 28.1 Å². The predicted octanol–water partition coefficient (Wildman–Crippen LogP) is 4.01. The fourth-order valence-corrected chi connectivity index (χ4v) is 4.43. The van der Waals surface area contributed by atoms with Crippen LogP contribution in [0.5, 0.6) is 0 Å². The molecular weight excluding hydrogens is 485 g/mol. The highest BCUT2D eigenvalue weighted by atomic mass is 35.5. The third kappa shape index (κ3) is 7.62. The monoisotopic (exact) mass is 513 g/mol. The normalized spacial score (nSPS) is 12.2. The molecule has 0 bridgehead atoms. The van der Waals surface area contributed by atoms with Crippen LogP contribution in [-0.2, 0) is 26.2 Å². The van der Waals surface area contributed by atoms with E-state index in [1.807, 2.05) is 38.1 Å². The topological polar surface area (TPSA) is 86.8 Å². The average Bonchev–Trinajstić information content (AvgIpc) is 2.75. The number of anilines is 1. The number of hydrogen-bond donors (Lipinski definition) is 1. The van der Waals surface area contributed by atoms with E-state index in [0.29, 0.717) is 6.54 Å². The van der Waals surface area contributed by atoms with Crippen molar-refractivity contribution in [1.29, 1.82) is 0 Å². The van der Waals surface area contributed by atoms with E-state index in [-0.39, 0.29) is 28.2 Å². The molecular formula is C23H29Cl2N3O4S. The summed E-state index contributed by atoms with van der Waals surface area (Å²) in [6, 6.07) is 11.1. The zero-order chi connectivity index (χ0) is 24.8. The second-order valence-electron chi connectivity index (χ2n) is 7.84. The maximum absolute atomic E-state index is 13.4. The maximum atomic E-state index is 13.4. The molecule has 0 aliphatic heterocycles. The van der Waals surface area contributed by atoms with Gasteiger partial charge in [0, 0.05) is 18.1 Å². The molecule has 0 aromatic heterocycles. The Hall–Kier alpha value is -2.29. The molecule has 0 heterocycles.